The molecule has 0 radical (unpaired) electrons. The summed E-state index contributed by atoms with van der Waals surface area (Å²) in [6.07, 6.45) is -4.91. The minimum atomic E-state index is -4.91. The zero-order valence-corrected chi connectivity index (χ0v) is 18.2. The Morgan fingerprint density at radius 2 is 2.03 bits per heavy atom. The third-order valence-corrected chi connectivity index (χ3v) is 5.92. The van der Waals surface area contributed by atoms with E-state index in [9.17, 15) is 27.9 Å². The van der Waals surface area contributed by atoms with Crippen LogP contribution in [0.5, 0.6) is 11.6 Å². The van der Waals surface area contributed by atoms with Crippen molar-refractivity contribution in [3.8, 4) is 11.6 Å². The average molecular weight is 498 g/mol. The van der Waals surface area contributed by atoms with Gasteiger partial charge in [-0.2, -0.15) is 4.98 Å². The van der Waals surface area contributed by atoms with Crippen molar-refractivity contribution in [2.75, 3.05) is 11.9 Å². The quantitative estimate of drug-likeness (QED) is 0.476. The van der Waals surface area contributed by atoms with Gasteiger partial charge >= 0.3 is 12.3 Å². The van der Waals surface area contributed by atoms with Gasteiger partial charge in [0.2, 0.25) is 5.88 Å². The fourth-order valence-corrected chi connectivity index (χ4v) is 4.62. The second-order valence-electron chi connectivity index (χ2n) is 6.44. The van der Waals surface area contributed by atoms with E-state index < -0.39 is 29.9 Å². The molecule has 3 heterocycles. The molecule has 4 rings (SSSR count). The first-order chi connectivity index (χ1) is 15.6. The first-order valence-corrected chi connectivity index (χ1v) is 10.9. The number of rotatable bonds is 7. The highest BCUT2D eigenvalue weighted by Crippen LogP contribution is 2.36. The number of aromatic nitrogens is 2. The smallest absolute Gasteiger partial charge is 0.492 e. The summed E-state index contributed by atoms with van der Waals surface area (Å²) in [5.74, 6) is -2.18. The lowest BCUT2D eigenvalue weighted by atomic mass is 10.1. The van der Waals surface area contributed by atoms with E-state index in [1.54, 1.807) is 12.3 Å². The number of carbonyl (C=O) groups is 2. The van der Waals surface area contributed by atoms with Gasteiger partial charge in [-0.3, -0.25) is 9.59 Å². The average Bonchev–Trinajstić information content (AvgIpc) is 3.37. The van der Waals surface area contributed by atoms with Crippen molar-refractivity contribution in [1.29, 1.82) is 0 Å². The molecule has 2 N–H and O–H groups in total. The molecular formula is C19H13F3N4O5S2. The number of nitrogens with one attached hydrogen (secondary N) is 1. The van der Waals surface area contributed by atoms with Crippen molar-refractivity contribution >= 4 is 50.4 Å². The molecule has 0 saturated heterocycles. The molecule has 0 saturated carbocycles. The van der Waals surface area contributed by atoms with Crippen LogP contribution in [0.25, 0.3) is 5.57 Å². The molecular weight excluding hydrogens is 485 g/mol. The standard InChI is InChI=1S/C19H13F3N4O5S2/c1-2-30-12(27)5-8-7-32-17(23-8)26-18-25-16(29)14(33-18)13-10-6-9(31-19(20,21)22)3-4-11(10)24-15(13)28/h3-4,6-7,29H,2,5H2,1H3,(H,23,25,26). The number of carbonyl (C=O) groups excluding carboxylic acids is 2. The van der Waals surface area contributed by atoms with Crippen molar-refractivity contribution < 1.29 is 37.3 Å². The summed E-state index contributed by atoms with van der Waals surface area (Å²) in [5, 5.41) is 15.6. The van der Waals surface area contributed by atoms with Crippen molar-refractivity contribution in [2.24, 2.45) is 4.99 Å². The summed E-state index contributed by atoms with van der Waals surface area (Å²) in [6, 6.07) is 3.29. The van der Waals surface area contributed by atoms with E-state index in [2.05, 4.69) is 25.0 Å². The van der Waals surface area contributed by atoms with Crippen LogP contribution in [0.15, 0.2) is 28.6 Å². The van der Waals surface area contributed by atoms with E-state index in [1.165, 1.54) is 17.4 Å². The fourth-order valence-electron chi connectivity index (χ4n) is 2.94. The Hall–Kier alpha value is -3.52. The SMILES string of the molecule is CCOC(=O)Cc1csc(Nc2nc(O)c(C3=c4cc(OC(F)(F)F)ccc4=NC3=O)s2)n1. The molecule has 1 amide bonds. The summed E-state index contributed by atoms with van der Waals surface area (Å²) in [7, 11) is 0. The molecule has 0 spiro atoms. The van der Waals surface area contributed by atoms with Crippen LogP contribution in [0.4, 0.5) is 23.4 Å². The number of nitrogens with zero attached hydrogens (tertiary/aromatic N) is 3. The van der Waals surface area contributed by atoms with Crippen LogP contribution >= 0.6 is 22.7 Å². The van der Waals surface area contributed by atoms with E-state index in [-0.39, 0.29) is 39.2 Å². The van der Waals surface area contributed by atoms with Gasteiger partial charge in [0.15, 0.2) is 10.3 Å². The van der Waals surface area contributed by atoms with E-state index in [1.807, 2.05) is 0 Å². The maximum Gasteiger partial charge on any atom is 0.573 e. The molecule has 3 aromatic rings. The van der Waals surface area contributed by atoms with E-state index in [4.69, 9.17) is 4.74 Å². The van der Waals surface area contributed by atoms with E-state index in [0.717, 1.165) is 23.5 Å². The molecule has 1 aliphatic heterocycles. The highest BCUT2D eigenvalue weighted by atomic mass is 32.1. The number of esters is 1. The molecule has 33 heavy (non-hydrogen) atoms. The van der Waals surface area contributed by atoms with Crippen LogP contribution in [0.3, 0.4) is 0 Å². The molecule has 9 nitrogen and oxygen atoms in total. The first-order valence-electron chi connectivity index (χ1n) is 9.23. The Kier molecular flexibility index (Phi) is 6.03. The van der Waals surface area contributed by atoms with Crippen LogP contribution in [0.2, 0.25) is 0 Å². The number of fused-ring (bicyclic) bond motifs is 1. The molecule has 0 aliphatic carbocycles. The van der Waals surface area contributed by atoms with Gasteiger partial charge < -0.3 is 19.9 Å². The molecule has 0 bridgehead atoms. The van der Waals surface area contributed by atoms with Gasteiger partial charge in [-0.15, -0.1) is 24.5 Å². The van der Waals surface area contributed by atoms with Gasteiger partial charge in [0.05, 0.1) is 29.7 Å². The molecule has 0 unspecified atom stereocenters. The van der Waals surface area contributed by atoms with Crippen molar-refractivity contribution in [3.63, 3.8) is 0 Å². The highest BCUT2D eigenvalue weighted by molar-refractivity contribution is 7.18. The first kappa shape index (κ1) is 22.7. The topological polar surface area (TPSA) is 123 Å². The van der Waals surface area contributed by atoms with E-state index in [0.29, 0.717) is 10.8 Å². The predicted molar refractivity (Wildman–Crippen MR) is 111 cm³/mol. The second kappa shape index (κ2) is 8.78. The lowest BCUT2D eigenvalue weighted by molar-refractivity contribution is -0.274. The zero-order valence-electron chi connectivity index (χ0n) is 16.6. The largest absolute Gasteiger partial charge is 0.573 e. The Bertz CT molecular complexity index is 1370. The van der Waals surface area contributed by atoms with Gasteiger partial charge in [-0.05, 0) is 25.1 Å². The van der Waals surface area contributed by atoms with Gasteiger partial charge in [0, 0.05) is 10.6 Å². The van der Waals surface area contributed by atoms with Crippen LogP contribution in [0.1, 0.15) is 17.5 Å². The number of amides is 1. The molecule has 172 valence electrons. The van der Waals surface area contributed by atoms with Crippen LogP contribution in [0, 0.1) is 0 Å². The molecule has 1 aliphatic rings. The molecule has 2 aromatic heterocycles. The number of aromatic hydroxyl groups is 1. The fraction of sp³-hybridized carbons (Fsp3) is 0.211. The number of anilines is 2. The summed E-state index contributed by atoms with van der Waals surface area (Å²) >= 11 is 2.08. The van der Waals surface area contributed by atoms with Crippen LogP contribution in [-0.2, 0) is 20.7 Å². The second-order valence-corrected chi connectivity index (χ2v) is 8.30. The number of hydrogen-bond donors (Lipinski definition) is 2. The monoisotopic (exact) mass is 498 g/mol. The van der Waals surface area contributed by atoms with Crippen molar-refractivity contribution in [1.82, 2.24) is 9.97 Å². The van der Waals surface area contributed by atoms with Gasteiger partial charge in [0.1, 0.15) is 10.6 Å². The predicted octanol–water partition coefficient (Wildman–Crippen LogP) is 2.41. The number of halogens is 3. The number of ether oxygens (including phenoxy) is 2. The summed E-state index contributed by atoms with van der Waals surface area (Å²) in [6.45, 7) is 1.95. The third kappa shape index (κ3) is 5.12. The summed E-state index contributed by atoms with van der Waals surface area (Å²) < 4.78 is 46.5. The summed E-state index contributed by atoms with van der Waals surface area (Å²) in [5.41, 5.74) is 0.384. The minimum absolute atomic E-state index is 0.00651. The maximum absolute atomic E-state index is 12.6. The normalized spacial score (nSPS) is 13.0. The number of benzene rings is 1. The Morgan fingerprint density at radius 1 is 1.24 bits per heavy atom. The number of alkyl halides is 3. The molecule has 14 heteroatoms. The van der Waals surface area contributed by atoms with Gasteiger partial charge in [0.25, 0.3) is 5.91 Å². The Balaban J connectivity index is 1.62. The van der Waals surface area contributed by atoms with E-state index >= 15 is 0 Å². The minimum Gasteiger partial charge on any atom is -0.492 e. The van der Waals surface area contributed by atoms with Crippen LogP contribution in [-0.4, -0.2) is 39.9 Å². The van der Waals surface area contributed by atoms with Crippen LogP contribution < -0.4 is 20.6 Å². The molecule has 0 atom stereocenters. The van der Waals surface area contributed by atoms with Crippen molar-refractivity contribution in [2.45, 2.75) is 19.7 Å². The Labute approximate surface area is 190 Å². The molecule has 0 fully saturated rings. The van der Waals surface area contributed by atoms with Crippen molar-refractivity contribution in [3.05, 3.63) is 44.7 Å². The zero-order chi connectivity index (χ0) is 23.8. The Morgan fingerprint density at radius 3 is 2.76 bits per heavy atom. The third-order valence-electron chi connectivity index (χ3n) is 4.14. The van der Waals surface area contributed by atoms with Gasteiger partial charge in [-0.1, -0.05) is 11.3 Å². The highest BCUT2D eigenvalue weighted by Gasteiger charge is 2.32. The maximum atomic E-state index is 12.6. The number of thiazole rings is 2. The molecule has 1 aromatic carbocycles. The van der Waals surface area contributed by atoms with Gasteiger partial charge in [-0.25, -0.2) is 9.98 Å². The summed E-state index contributed by atoms with van der Waals surface area (Å²) in [4.78, 5) is 36.0. The number of hydrogen-bond acceptors (Lipinski definition) is 10. The lowest BCUT2D eigenvalue weighted by Gasteiger charge is -2.08. The lowest BCUT2D eigenvalue weighted by Crippen LogP contribution is -2.25.